The molecule has 2 amide bonds. The smallest absolute Gasteiger partial charge is 0.325 e. The molecule has 1 aromatic carbocycles. The van der Waals surface area contributed by atoms with Gasteiger partial charge >= 0.3 is 6.03 Å². The van der Waals surface area contributed by atoms with Gasteiger partial charge in [-0.1, -0.05) is 12.1 Å². The Morgan fingerprint density at radius 1 is 1.25 bits per heavy atom. The third kappa shape index (κ3) is 2.20. The van der Waals surface area contributed by atoms with Crippen LogP contribution < -0.4 is 10.6 Å². The second-order valence-corrected chi connectivity index (χ2v) is 4.90. The van der Waals surface area contributed by atoms with E-state index in [1.807, 2.05) is 43.6 Å². The highest BCUT2D eigenvalue weighted by molar-refractivity contribution is 5.96. The quantitative estimate of drug-likeness (QED) is 0.859. The number of hydrogen-bond acceptors (Lipinski definition) is 3. The zero-order valence-electron chi connectivity index (χ0n) is 11.4. The molecule has 2 heterocycles. The summed E-state index contributed by atoms with van der Waals surface area (Å²) in [6.07, 6.45) is 1.88. The van der Waals surface area contributed by atoms with E-state index in [1.54, 1.807) is 14.5 Å². The maximum atomic E-state index is 12.4. The molecule has 0 saturated carbocycles. The van der Waals surface area contributed by atoms with Gasteiger partial charge in [-0.2, -0.15) is 5.10 Å². The van der Waals surface area contributed by atoms with Crippen LogP contribution in [0, 0.1) is 0 Å². The number of hydrogen-bond donors (Lipinski definition) is 1. The topological polar surface area (TPSA) is 67.4 Å². The first-order chi connectivity index (χ1) is 9.65. The van der Waals surface area contributed by atoms with Gasteiger partial charge in [-0.3, -0.25) is 9.58 Å². The number of rotatable bonds is 3. The molecule has 1 aromatic heterocycles. The van der Waals surface area contributed by atoms with Crippen LogP contribution in [0.15, 0.2) is 36.5 Å². The van der Waals surface area contributed by atoms with E-state index in [0.29, 0.717) is 25.3 Å². The Hall–Kier alpha value is -2.50. The molecule has 104 valence electrons. The molecular formula is C14H17N5O. The number of nitrogen functional groups attached to an aromatic ring is 1. The molecule has 1 fully saturated rings. The van der Waals surface area contributed by atoms with Gasteiger partial charge in [0.05, 0.1) is 23.6 Å². The highest BCUT2D eigenvalue weighted by atomic mass is 16.2. The first-order valence-electron chi connectivity index (χ1n) is 6.54. The molecule has 6 heteroatoms. The number of urea groups is 1. The maximum Gasteiger partial charge on any atom is 0.325 e. The number of aromatic nitrogens is 2. The summed E-state index contributed by atoms with van der Waals surface area (Å²) in [7, 11) is 1.87. The van der Waals surface area contributed by atoms with E-state index >= 15 is 0 Å². The van der Waals surface area contributed by atoms with E-state index in [0.717, 1.165) is 11.4 Å². The van der Waals surface area contributed by atoms with Crippen molar-refractivity contribution < 1.29 is 4.79 Å². The number of benzene rings is 1. The van der Waals surface area contributed by atoms with Gasteiger partial charge in [0, 0.05) is 26.3 Å². The molecule has 20 heavy (non-hydrogen) atoms. The lowest BCUT2D eigenvalue weighted by atomic mass is 10.2. The first kappa shape index (κ1) is 12.5. The van der Waals surface area contributed by atoms with E-state index in [-0.39, 0.29) is 6.03 Å². The zero-order valence-corrected chi connectivity index (χ0v) is 11.4. The lowest BCUT2D eigenvalue weighted by Crippen LogP contribution is -2.32. The standard InChI is InChI=1S/C14H17N5O/c1-17-7-6-11(16-17)10-18-8-9-19(14(18)20)13-5-3-2-4-12(13)15/h2-7H,8-10,15H2,1H3. The SMILES string of the molecule is Cn1ccc(CN2CCN(c3ccccc3N)C2=O)n1. The van der Waals surface area contributed by atoms with E-state index in [4.69, 9.17) is 5.73 Å². The van der Waals surface area contributed by atoms with Gasteiger partial charge in [0.2, 0.25) is 0 Å². The Balaban J connectivity index is 1.76. The fourth-order valence-electron chi connectivity index (χ4n) is 2.43. The molecule has 1 saturated heterocycles. The fraction of sp³-hybridized carbons (Fsp3) is 0.286. The minimum absolute atomic E-state index is 0.0199. The van der Waals surface area contributed by atoms with Crippen LogP contribution in [0.5, 0.6) is 0 Å². The van der Waals surface area contributed by atoms with Crippen LogP contribution in [-0.2, 0) is 13.6 Å². The van der Waals surface area contributed by atoms with Crippen LogP contribution in [0.4, 0.5) is 16.2 Å². The third-order valence-corrected chi connectivity index (χ3v) is 3.44. The fourth-order valence-corrected chi connectivity index (χ4v) is 2.43. The second kappa shape index (κ2) is 4.88. The first-order valence-corrected chi connectivity index (χ1v) is 6.54. The molecule has 0 unspecified atom stereocenters. The van der Waals surface area contributed by atoms with Gasteiger partial charge in [-0.25, -0.2) is 4.79 Å². The lowest BCUT2D eigenvalue weighted by Gasteiger charge is -2.19. The molecule has 3 rings (SSSR count). The summed E-state index contributed by atoms with van der Waals surface area (Å²) in [5, 5.41) is 4.30. The maximum absolute atomic E-state index is 12.4. The predicted molar refractivity (Wildman–Crippen MR) is 77.2 cm³/mol. The van der Waals surface area contributed by atoms with E-state index in [2.05, 4.69) is 5.10 Å². The number of nitrogens with zero attached hydrogens (tertiary/aromatic N) is 4. The predicted octanol–water partition coefficient (Wildman–Crippen LogP) is 1.44. The van der Waals surface area contributed by atoms with E-state index < -0.39 is 0 Å². The Morgan fingerprint density at radius 2 is 2.05 bits per heavy atom. The summed E-state index contributed by atoms with van der Waals surface area (Å²) in [5.41, 5.74) is 8.23. The van der Waals surface area contributed by atoms with Crippen molar-refractivity contribution in [1.29, 1.82) is 0 Å². The molecule has 0 atom stereocenters. The summed E-state index contributed by atoms with van der Waals surface area (Å²) in [4.78, 5) is 15.9. The molecular weight excluding hydrogens is 254 g/mol. The molecule has 0 aliphatic carbocycles. The van der Waals surface area contributed by atoms with Crippen molar-refractivity contribution in [3.05, 3.63) is 42.2 Å². The molecule has 0 spiro atoms. The molecule has 6 nitrogen and oxygen atoms in total. The van der Waals surface area contributed by atoms with Crippen LogP contribution >= 0.6 is 0 Å². The number of anilines is 2. The summed E-state index contributed by atoms with van der Waals surface area (Å²) in [5.74, 6) is 0. The van der Waals surface area contributed by atoms with Gasteiger partial charge in [0.25, 0.3) is 0 Å². The number of para-hydroxylation sites is 2. The minimum atomic E-state index is -0.0199. The second-order valence-electron chi connectivity index (χ2n) is 4.90. The van der Waals surface area contributed by atoms with Crippen molar-refractivity contribution in [3.63, 3.8) is 0 Å². The Kier molecular flexibility index (Phi) is 3.06. The number of carbonyl (C=O) groups excluding carboxylic acids is 1. The monoisotopic (exact) mass is 271 g/mol. The summed E-state index contributed by atoms with van der Waals surface area (Å²) < 4.78 is 1.74. The van der Waals surface area contributed by atoms with Crippen LogP contribution in [-0.4, -0.2) is 33.8 Å². The minimum Gasteiger partial charge on any atom is -0.397 e. The van der Waals surface area contributed by atoms with Crippen LogP contribution in [0.3, 0.4) is 0 Å². The van der Waals surface area contributed by atoms with E-state index in [1.165, 1.54) is 0 Å². The normalized spacial score (nSPS) is 15.2. The van der Waals surface area contributed by atoms with Gasteiger partial charge in [-0.15, -0.1) is 0 Å². The Bertz CT molecular complexity index is 636. The average Bonchev–Trinajstić information content (AvgIpc) is 2.99. The summed E-state index contributed by atoms with van der Waals surface area (Å²) in [6, 6.07) is 9.34. The number of nitrogens with two attached hydrogens (primary N) is 1. The zero-order chi connectivity index (χ0) is 14.1. The molecule has 0 bridgehead atoms. The van der Waals surface area contributed by atoms with Gasteiger partial charge in [-0.05, 0) is 18.2 Å². The van der Waals surface area contributed by atoms with Crippen molar-refractivity contribution in [3.8, 4) is 0 Å². The average molecular weight is 271 g/mol. The Morgan fingerprint density at radius 3 is 2.75 bits per heavy atom. The van der Waals surface area contributed by atoms with Crippen LogP contribution in [0.1, 0.15) is 5.69 Å². The van der Waals surface area contributed by atoms with Gasteiger partial charge in [0.1, 0.15) is 0 Å². The molecule has 1 aliphatic rings. The summed E-state index contributed by atoms with van der Waals surface area (Å²) >= 11 is 0. The third-order valence-electron chi connectivity index (χ3n) is 3.44. The molecule has 2 aromatic rings. The Labute approximate surface area is 117 Å². The lowest BCUT2D eigenvalue weighted by molar-refractivity contribution is 0.218. The number of aryl methyl sites for hydroxylation is 1. The largest absolute Gasteiger partial charge is 0.397 e. The van der Waals surface area contributed by atoms with Gasteiger partial charge in [0.15, 0.2) is 0 Å². The van der Waals surface area contributed by atoms with Crippen molar-refractivity contribution in [2.24, 2.45) is 7.05 Å². The van der Waals surface area contributed by atoms with Crippen LogP contribution in [0.2, 0.25) is 0 Å². The van der Waals surface area contributed by atoms with Crippen molar-refractivity contribution >= 4 is 17.4 Å². The number of amides is 2. The summed E-state index contributed by atoms with van der Waals surface area (Å²) in [6.45, 7) is 1.87. The highest BCUT2D eigenvalue weighted by Gasteiger charge is 2.30. The van der Waals surface area contributed by atoms with Gasteiger partial charge < -0.3 is 10.6 Å². The van der Waals surface area contributed by atoms with Crippen molar-refractivity contribution in [1.82, 2.24) is 14.7 Å². The van der Waals surface area contributed by atoms with E-state index in [9.17, 15) is 4.79 Å². The van der Waals surface area contributed by atoms with Crippen LogP contribution in [0.25, 0.3) is 0 Å². The molecule has 1 aliphatic heterocycles. The molecule has 2 N–H and O–H groups in total. The van der Waals surface area contributed by atoms with Crippen molar-refractivity contribution in [2.45, 2.75) is 6.54 Å². The highest BCUT2D eigenvalue weighted by Crippen LogP contribution is 2.26. The van der Waals surface area contributed by atoms with Crippen molar-refractivity contribution in [2.75, 3.05) is 23.7 Å². The number of carbonyl (C=O) groups is 1. The molecule has 0 radical (unpaired) electrons.